The number of carbonyl (C=O) groups excluding carboxylic acids is 1. The summed E-state index contributed by atoms with van der Waals surface area (Å²) in [6.45, 7) is 3.45. The summed E-state index contributed by atoms with van der Waals surface area (Å²) in [5.74, 6) is -0.678. The maximum absolute atomic E-state index is 13.2. The van der Waals surface area contributed by atoms with E-state index in [1.807, 2.05) is 0 Å². The molecule has 0 aliphatic carbocycles. The Kier molecular flexibility index (Phi) is 4.95. The van der Waals surface area contributed by atoms with Gasteiger partial charge >= 0.3 is 5.97 Å². The van der Waals surface area contributed by atoms with Gasteiger partial charge in [0.05, 0.1) is 20.1 Å². The van der Waals surface area contributed by atoms with Crippen molar-refractivity contribution in [2.75, 3.05) is 14.2 Å². The van der Waals surface area contributed by atoms with Crippen LogP contribution in [0, 0.1) is 11.7 Å². The van der Waals surface area contributed by atoms with Gasteiger partial charge in [-0.3, -0.25) is 4.79 Å². The molecule has 4 nitrogen and oxygen atoms in total. The van der Waals surface area contributed by atoms with Crippen LogP contribution in [0.25, 0.3) is 0 Å². The molecule has 0 aliphatic heterocycles. The van der Waals surface area contributed by atoms with E-state index in [0.717, 1.165) is 0 Å². The molecule has 0 heterocycles. The van der Waals surface area contributed by atoms with Crippen LogP contribution in [0.15, 0.2) is 18.2 Å². The van der Waals surface area contributed by atoms with Crippen LogP contribution < -0.4 is 9.47 Å². The molecule has 5 heteroatoms. The van der Waals surface area contributed by atoms with Crippen molar-refractivity contribution < 1.29 is 23.4 Å². The molecule has 0 radical (unpaired) electrons. The van der Waals surface area contributed by atoms with Crippen molar-refractivity contribution >= 4 is 5.97 Å². The first-order valence-corrected chi connectivity index (χ1v) is 5.57. The number of rotatable bonds is 5. The summed E-state index contributed by atoms with van der Waals surface area (Å²) >= 11 is 0. The van der Waals surface area contributed by atoms with Gasteiger partial charge in [0.2, 0.25) is 0 Å². The molecular formula is C13H17FO4. The molecule has 0 aliphatic rings. The third kappa shape index (κ3) is 3.35. The fourth-order valence-electron chi connectivity index (χ4n) is 1.41. The van der Waals surface area contributed by atoms with E-state index in [1.54, 1.807) is 13.8 Å². The fourth-order valence-corrected chi connectivity index (χ4v) is 1.41. The summed E-state index contributed by atoms with van der Waals surface area (Å²) in [6.07, 6.45) is -0.382. The molecule has 0 saturated heterocycles. The van der Waals surface area contributed by atoms with Crippen molar-refractivity contribution in [3.05, 3.63) is 24.0 Å². The molecule has 0 aromatic heterocycles. The van der Waals surface area contributed by atoms with Crippen molar-refractivity contribution in [1.82, 2.24) is 0 Å². The number of methoxy groups -OCH3 is 2. The second-order valence-corrected chi connectivity index (χ2v) is 3.93. The molecule has 1 aromatic rings. The summed E-state index contributed by atoms with van der Waals surface area (Å²) in [5, 5.41) is 0. The molecular weight excluding hydrogens is 239 g/mol. The van der Waals surface area contributed by atoms with Gasteiger partial charge in [0, 0.05) is 6.07 Å². The van der Waals surface area contributed by atoms with Crippen LogP contribution in [-0.2, 0) is 9.53 Å². The van der Waals surface area contributed by atoms with Crippen LogP contribution in [0.2, 0.25) is 0 Å². The number of halogens is 1. The third-order valence-electron chi connectivity index (χ3n) is 2.72. The van der Waals surface area contributed by atoms with Gasteiger partial charge in [-0.15, -0.1) is 0 Å². The summed E-state index contributed by atoms with van der Waals surface area (Å²) in [7, 11) is 2.70. The standard InChI is InChI=1S/C13H17FO4/c1-8(13(15)17-4)9(2)18-10-5-6-11(14)12(7-10)16-3/h5-9H,1-4H3. The number of carbonyl (C=O) groups is 1. The molecule has 0 spiro atoms. The molecule has 2 atom stereocenters. The maximum atomic E-state index is 13.2. The Morgan fingerprint density at radius 2 is 1.94 bits per heavy atom. The Morgan fingerprint density at radius 1 is 1.28 bits per heavy atom. The lowest BCUT2D eigenvalue weighted by Crippen LogP contribution is -2.29. The second-order valence-electron chi connectivity index (χ2n) is 3.93. The normalized spacial score (nSPS) is 13.6. The minimum Gasteiger partial charge on any atom is -0.494 e. The minimum atomic E-state index is -0.460. The molecule has 0 amide bonds. The summed E-state index contributed by atoms with van der Waals surface area (Å²) in [6, 6.07) is 4.18. The predicted octanol–water partition coefficient (Wildman–Crippen LogP) is 2.41. The number of hydrogen-bond donors (Lipinski definition) is 0. The number of esters is 1. The van der Waals surface area contributed by atoms with E-state index in [1.165, 1.54) is 32.4 Å². The van der Waals surface area contributed by atoms with E-state index < -0.39 is 11.7 Å². The van der Waals surface area contributed by atoms with Crippen LogP contribution in [0.4, 0.5) is 4.39 Å². The zero-order valence-corrected chi connectivity index (χ0v) is 10.9. The number of ether oxygens (including phenoxy) is 3. The average molecular weight is 256 g/mol. The monoisotopic (exact) mass is 256 g/mol. The lowest BCUT2D eigenvalue weighted by Gasteiger charge is -2.19. The van der Waals surface area contributed by atoms with Gasteiger partial charge in [0.15, 0.2) is 11.6 Å². The molecule has 100 valence electrons. The highest BCUT2D eigenvalue weighted by Crippen LogP contribution is 2.25. The Hall–Kier alpha value is -1.78. The zero-order chi connectivity index (χ0) is 13.7. The minimum absolute atomic E-state index is 0.102. The highest BCUT2D eigenvalue weighted by molar-refractivity contribution is 5.72. The van der Waals surface area contributed by atoms with Crippen molar-refractivity contribution in [2.45, 2.75) is 20.0 Å². The first kappa shape index (κ1) is 14.3. The molecule has 18 heavy (non-hydrogen) atoms. The summed E-state index contributed by atoms with van der Waals surface area (Å²) < 4.78 is 28.2. The Balaban J connectivity index is 2.75. The zero-order valence-electron chi connectivity index (χ0n) is 10.9. The van der Waals surface area contributed by atoms with Crippen LogP contribution in [-0.4, -0.2) is 26.3 Å². The van der Waals surface area contributed by atoms with E-state index in [9.17, 15) is 9.18 Å². The predicted molar refractivity (Wildman–Crippen MR) is 64.2 cm³/mol. The quantitative estimate of drug-likeness (QED) is 0.759. The number of hydrogen-bond acceptors (Lipinski definition) is 4. The van der Waals surface area contributed by atoms with Gasteiger partial charge in [0.25, 0.3) is 0 Å². The Bertz CT molecular complexity index is 419. The smallest absolute Gasteiger partial charge is 0.312 e. The van der Waals surface area contributed by atoms with Gasteiger partial charge in [-0.2, -0.15) is 0 Å². The van der Waals surface area contributed by atoms with E-state index in [4.69, 9.17) is 9.47 Å². The van der Waals surface area contributed by atoms with E-state index in [0.29, 0.717) is 5.75 Å². The molecule has 0 bridgehead atoms. The highest BCUT2D eigenvalue weighted by atomic mass is 19.1. The molecule has 0 N–H and O–H groups in total. The van der Waals surface area contributed by atoms with Crippen molar-refractivity contribution in [1.29, 1.82) is 0 Å². The van der Waals surface area contributed by atoms with E-state index in [2.05, 4.69) is 4.74 Å². The van der Waals surface area contributed by atoms with E-state index in [-0.39, 0.29) is 17.8 Å². The van der Waals surface area contributed by atoms with Crippen molar-refractivity contribution in [3.63, 3.8) is 0 Å². The van der Waals surface area contributed by atoms with Gasteiger partial charge in [0.1, 0.15) is 11.9 Å². The second kappa shape index (κ2) is 6.23. The Labute approximate surface area is 106 Å². The third-order valence-corrected chi connectivity index (χ3v) is 2.72. The Morgan fingerprint density at radius 3 is 2.50 bits per heavy atom. The summed E-state index contributed by atoms with van der Waals surface area (Å²) in [4.78, 5) is 11.3. The lowest BCUT2D eigenvalue weighted by atomic mass is 10.1. The molecule has 1 aromatic carbocycles. The molecule has 0 fully saturated rings. The topological polar surface area (TPSA) is 44.8 Å². The summed E-state index contributed by atoms with van der Waals surface area (Å²) in [5.41, 5.74) is 0. The molecule has 0 saturated carbocycles. The fraction of sp³-hybridized carbons (Fsp3) is 0.462. The van der Waals surface area contributed by atoms with Gasteiger partial charge in [-0.05, 0) is 26.0 Å². The van der Waals surface area contributed by atoms with Crippen LogP contribution in [0.1, 0.15) is 13.8 Å². The van der Waals surface area contributed by atoms with Gasteiger partial charge < -0.3 is 14.2 Å². The lowest BCUT2D eigenvalue weighted by molar-refractivity contribution is -0.147. The van der Waals surface area contributed by atoms with Crippen LogP contribution in [0.5, 0.6) is 11.5 Å². The van der Waals surface area contributed by atoms with Crippen molar-refractivity contribution in [2.24, 2.45) is 5.92 Å². The highest BCUT2D eigenvalue weighted by Gasteiger charge is 2.22. The average Bonchev–Trinajstić information content (AvgIpc) is 2.38. The van der Waals surface area contributed by atoms with Crippen LogP contribution >= 0.6 is 0 Å². The van der Waals surface area contributed by atoms with E-state index >= 15 is 0 Å². The van der Waals surface area contributed by atoms with Crippen LogP contribution in [0.3, 0.4) is 0 Å². The van der Waals surface area contributed by atoms with Crippen molar-refractivity contribution in [3.8, 4) is 11.5 Å². The number of benzene rings is 1. The first-order chi connectivity index (χ1) is 8.49. The first-order valence-electron chi connectivity index (χ1n) is 5.57. The largest absolute Gasteiger partial charge is 0.494 e. The SMILES string of the molecule is COC(=O)C(C)C(C)Oc1ccc(F)c(OC)c1. The molecule has 1 rings (SSSR count). The maximum Gasteiger partial charge on any atom is 0.312 e. The van der Waals surface area contributed by atoms with Gasteiger partial charge in [-0.25, -0.2) is 4.39 Å². The van der Waals surface area contributed by atoms with Gasteiger partial charge in [-0.1, -0.05) is 0 Å². The molecule has 2 unspecified atom stereocenters.